The number of aliphatic hydroxyl groups is 2. The van der Waals surface area contributed by atoms with Crippen molar-refractivity contribution in [2.24, 2.45) is 0 Å². The summed E-state index contributed by atoms with van der Waals surface area (Å²) < 4.78 is 5.50. The Morgan fingerprint density at radius 3 is 0.973 bits per heavy atom. The molecule has 0 heterocycles. The van der Waals surface area contributed by atoms with Gasteiger partial charge in [0, 0.05) is 12.8 Å². The summed E-state index contributed by atoms with van der Waals surface area (Å²) in [7, 11) is 0. The van der Waals surface area contributed by atoms with Crippen LogP contribution in [0.25, 0.3) is 0 Å². The second-order valence-electron chi connectivity index (χ2n) is 22.8. The molecule has 0 aliphatic heterocycles. The molecule has 432 valence electrons. The summed E-state index contributed by atoms with van der Waals surface area (Å²) in [6.07, 6.45) is 78.3. The van der Waals surface area contributed by atoms with Crippen LogP contribution in [0.4, 0.5) is 0 Å². The van der Waals surface area contributed by atoms with E-state index in [4.69, 9.17) is 4.74 Å². The number of rotatable bonds is 62. The van der Waals surface area contributed by atoms with Gasteiger partial charge in [-0.2, -0.15) is 0 Å². The summed E-state index contributed by atoms with van der Waals surface area (Å²) in [5, 5.41) is 23.0. The van der Waals surface area contributed by atoms with Gasteiger partial charge in [0.1, 0.15) is 0 Å². The quantitative estimate of drug-likeness (QED) is 0.0320. The van der Waals surface area contributed by atoms with Gasteiger partial charge in [0.05, 0.1) is 25.4 Å². The van der Waals surface area contributed by atoms with E-state index >= 15 is 0 Å². The lowest BCUT2D eigenvalue weighted by atomic mass is 10.0. The average Bonchev–Trinajstić information content (AvgIpc) is 3.39. The van der Waals surface area contributed by atoms with Crippen LogP contribution in [-0.4, -0.2) is 47.4 Å². The Hall–Kier alpha value is -1.66. The maximum absolute atomic E-state index is 12.4. The van der Waals surface area contributed by atoms with E-state index in [2.05, 4.69) is 31.3 Å². The van der Waals surface area contributed by atoms with Gasteiger partial charge in [-0.25, -0.2) is 0 Å². The molecule has 0 aliphatic carbocycles. The molecule has 0 aromatic rings. The highest BCUT2D eigenvalue weighted by Crippen LogP contribution is 2.18. The van der Waals surface area contributed by atoms with E-state index < -0.39 is 12.1 Å². The van der Waals surface area contributed by atoms with Crippen LogP contribution < -0.4 is 5.32 Å². The van der Waals surface area contributed by atoms with Crippen molar-refractivity contribution in [1.29, 1.82) is 0 Å². The Morgan fingerprint density at radius 1 is 0.370 bits per heavy atom. The molecule has 6 heteroatoms. The molecule has 0 saturated heterocycles. The van der Waals surface area contributed by atoms with Gasteiger partial charge in [-0.3, -0.25) is 9.59 Å². The third-order valence-corrected chi connectivity index (χ3v) is 15.5. The van der Waals surface area contributed by atoms with Gasteiger partial charge in [-0.05, 0) is 57.8 Å². The first-order chi connectivity index (χ1) is 36.0. The van der Waals surface area contributed by atoms with Crippen LogP contribution in [0.15, 0.2) is 24.3 Å². The van der Waals surface area contributed by atoms with Gasteiger partial charge in [0.2, 0.25) is 5.91 Å². The van der Waals surface area contributed by atoms with E-state index in [0.29, 0.717) is 19.4 Å². The molecule has 0 aromatic carbocycles. The van der Waals surface area contributed by atoms with Gasteiger partial charge in [-0.1, -0.05) is 321 Å². The molecule has 0 bridgehead atoms. The first-order valence-electron chi connectivity index (χ1n) is 33.1. The molecule has 0 spiro atoms. The van der Waals surface area contributed by atoms with Crippen molar-refractivity contribution >= 4 is 11.9 Å². The van der Waals surface area contributed by atoms with Crippen LogP contribution in [0.2, 0.25) is 0 Å². The second-order valence-corrected chi connectivity index (χ2v) is 22.8. The van der Waals surface area contributed by atoms with Crippen LogP contribution in [0.5, 0.6) is 0 Å². The van der Waals surface area contributed by atoms with Gasteiger partial charge in [0.15, 0.2) is 0 Å². The minimum Gasteiger partial charge on any atom is -0.466 e. The third kappa shape index (κ3) is 59.4. The zero-order chi connectivity index (χ0) is 52.9. The molecule has 0 saturated carbocycles. The molecule has 3 N–H and O–H groups in total. The van der Waals surface area contributed by atoms with E-state index in [1.54, 1.807) is 6.08 Å². The van der Waals surface area contributed by atoms with Crippen LogP contribution in [-0.2, 0) is 14.3 Å². The van der Waals surface area contributed by atoms with Crippen LogP contribution in [0.3, 0.4) is 0 Å². The summed E-state index contributed by atoms with van der Waals surface area (Å²) >= 11 is 0. The van der Waals surface area contributed by atoms with Gasteiger partial charge in [0.25, 0.3) is 0 Å². The van der Waals surface area contributed by atoms with E-state index in [1.807, 2.05) is 6.08 Å². The topological polar surface area (TPSA) is 95.9 Å². The van der Waals surface area contributed by atoms with Crippen molar-refractivity contribution in [3.05, 3.63) is 24.3 Å². The first-order valence-corrected chi connectivity index (χ1v) is 33.1. The van der Waals surface area contributed by atoms with Crippen molar-refractivity contribution in [2.75, 3.05) is 13.2 Å². The number of hydrogen-bond donors (Lipinski definition) is 3. The summed E-state index contributed by atoms with van der Waals surface area (Å²) in [6, 6.07) is -0.624. The number of nitrogens with one attached hydrogen (secondary N) is 1. The average molecular weight is 1030 g/mol. The number of carbonyl (C=O) groups is 2. The van der Waals surface area contributed by atoms with Crippen LogP contribution >= 0.6 is 0 Å². The smallest absolute Gasteiger partial charge is 0.305 e. The number of ether oxygens (including phenoxy) is 1. The highest BCUT2D eigenvalue weighted by Gasteiger charge is 2.18. The van der Waals surface area contributed by atoms with Crippen molar-refractivity contribution in [3.63, 3.8) is 0 Å². The lowest BCUT2D eigenvalue weighted by Gasteiger charge is -2.20. The fraction of sp³-hybridized carbons (Fsp3) is 0.910. The summed E-state index contributed by atoms with van der Waals surface area (Å²) in [5.74, 6) is -0.0459. The van der Waals surface area contributed by atoms with Gasteiger partial charge >= 0.3 is 5.97 Å². The number of hydrogen-bond acceptors (Lipinski definition) is 5. The first kappa shape index (κ1) is 71.3. The Bertz CT molecular complexity index is 1140. The Labute approximate surface area is 456 Å². The molecule has 6 nitrogen and oxygen atoms in total. The number of esters is 1. The molecular weight excluding hydrogens is 899 g/mol. The van der Waals surface area contributed by atoms with Gasteiger partial charge in [-0.15, -0.1) is 0 Å². The van der Waals surface area contributed by atoms with Crippen molar-refractivity contribution in [1.82, 2.24) is 5.32 Å². The maximum atomic E-state index is 12.4. The molecule has 0 aromatic heterocycles. The van der Waals surface area contributed by atoms with Gasteiger partial charge < -0.3 is 20.3 Å². The molecule has 0 radical (unpaired) electrons. The number of carbonyl (C=O) groups excluding carboxylic acids is 2. The molecule has 2 atom stereocenters. The molecule has 0 aliphatic rings. The Balaban J connectivity index is 3.33. The van der Waals surface area contributed by atoms with Crippen molar-refractivity contribution in [2.45, 2.75) is 379 Å². The fourth-order valence-electron chi connectivity index (χ4n) is 10.4. The number of unbranched alkanes of at least 4 members (excludes halogenated alkanes) is 49. The number of allylic oxidation sites excluding steroid dienone is 3. The molecule has 73 heavy (non-hydrogen) atoms. The lowest BCUT2D eigenvalue weighted by Crippen LogP contribution is -2.45. The van der Waals surface area contributed by atoms with Crippen LogP contribution in [0.1, 0.15) is 367 Å². The zero-order valence-electron chi connectivity index (χ0n) is 49.4. The second kappa shape index (κ2) is 62.9. The van der Waals surface area contributed by atoms with E-state index in [1.165, 1.54) is 302 Å². The molecule has 2 unspecified atom stereocenters. The highest BCUT2D eigenvalue weighted by molar-refractivity contribution is 5.76. The molecule has 0 fully saturated rings. The van der Waals surface area contributed by atoms with E-state index in [-0.39, 0.29) is 18.5 Å². The normalized spacial score (nSPS) is 12.7. The summed E-state index contributed by atoms with van der Waals surface area (Å²) in [6.45, 7) is 4.91. The number of amides is 1. The predicted molar refractivity (Wildman–Crippen MR) is 320 cm³/mol. The highest BCUT2D eigenvalue weighted by atomic mass is 16.5. The summed E-state index contributed by atoms with van der Waals surface area (Å²) in [4.78, 5) is 24.5. The largest absolute Gasteiger partial charge is 0.466 e. The SMILES string of the molecule is CCCCCCCCCC/C=C/C(O)C(CO)NC(=O)CCCCCCCCCCCCCCCCC/C=C\CCCCCCCCCCCCCCOC(=O)CCCCCCCCCCCCCCCCC. The monoisotopic (exact) mass is 1030 g/mol. The fourth-order valence-corrected chi connectivity index (χ4v) is 10.4. The summed E-state index contributed by atoms with van der Waals surface area (Å²) in [5.41, 5.74) is 0. The predicted octanol–water partition coefficient (Wildman–Crippen LogP) is 21.0. The zero-order valence-corrected chi connectivity index (χ0v) is 49.4. The standard InChI is InChI=1S/C67H129NO5/c1-3-5-7-9-11-13-15-16-34-38-41-45-49-53-57-61-67(72)73-62-58-54-50-46-42-39-36-33-31-29-27-25-23-21-19-17-18-20-22-24-26-28-30-32-35-37-40-44-48-52-56-60-66(71)68-64(63-69)65(70)59-55-51-47-43-14-12-10-8-6-4-2/h19,21,55,59,64-65,69-70H,3-18,20,22-54,56-58,60-63H2,1-2H3,(H,68,71)/b21-19-,59-55+. The Morgan fingerprint density at radius 2 is 0.644 bits per heavy atom. The van der Waals surface area contributed by atoms with E-state index in [0.717, 1.165) is 38.5 Å². The molecule has 1 amide bonds. The minimum absolute atomic E-state index is 0.0206. The minimum atomic E-state index is -0.840. The molecule has 0 rings (SSSR count). The maximum Gasteiger partial charge on any atom is 0.305 e. The third-order valence-electron chi connectivity index (χ3n) is 15.5. The van der Waals surface area contributed by atoms with E-state index in [9.17, 15) is 19.8 Å². The lowest BCUT2D eigenvalue weighted by molar-refractivity contribution is -0.143. The van der Waals surface area contributed by atoms with Crippen LogP contribution in [0, 0.1) is 0 Å². The molecular formula is C67H129NO5. The Kier molecular flexibility index (Phi) is 61.4. The van der Waals surface area contributed by atoms with Crippen molar-refractivity contribution < 1.29 is 24.5 Å². The number of aliphatic hydroxyl groups excluding tert-OH is 2. The van der Waals surface area contributed by atoms with Crippen molar-refractivity contribution in [3.8, 4) is 0 Å².